The Kier molecular flexibility index (Phi) is 6.88. The van der Waals surface area contributed by atoms with Gasteiger partial charge in [-0.1, -0.05) is 35.9 Å². The van der Waals surface area contributed by atoms with E-state index in [0.29, 0.717) is 38.5 Å². The standard InChI is InChI=1S/C23H29N3O3/c1-17-7-9-20(10-8-17)29-16-22(28)26-13-11-25(12-14-26)15-21(27)24-23-18(2)5-4-6-19(23)3/h4-10H,11-16H2,1-3H3,(H,24,27). The molecule has 1 heterocycles. The minimum atomic E-state index is -0.0233. The molecule has 1 aliphatic heterocycles. The smallest absolute Gasteiger partial charge is 0.260 e. The normalized spacial score (nSPS) is 14.5. The van der Waals surface area contributed by atoms with E-state index in [0.717, 1.165) is 22.4 Å². The Balaban J connectivity index is 1.42. The van der Waals surface area contributed by atoms with Crippen molar-refractivity contribution in [2.45, 2.75) is 20.8 Å². The number of carbonyl (C=O) groups excluding carboxylic acids is 2. The Labute approximate surface area is 172 Å². The van der Waals surface area contributed by atoms with Crippen LogP contribution in [0.15, 0.2) is 42.5 Å². The summed E-state index contributed by atoms with van der Waals surface area (Å²) in [7, 11) is 0. The topological polar surface area (TPSA) is 61.9 Å². The fourth-order valence-electron chi connectivity index (χ4n) is 3.42. The molecule has 6 nitrogen and oxygen atoms in total. The highest BCUT2D eigenvalue weighted by molar-refractivity contribution is 5.93. The Hall–Kier alpha value is -2.86. The number of ether oxygens (including phenoxy) is 1. The van der Waals surface area contributed by atoms with Gasteiger partial charge in [-0.25, -0.2) is 0 Å². The monoisotopic (exact) mass is 395 g/mol. The maximum absolute atomic E-state index is 12.4. The Morgan fingerprint density at radius 2 is 1.55 bits per heavy atom. The molecule has 1 aliphatic rings. The van der Waals surface area contributed by atoms with E-state index in [9.17, 15) is 9.59 Å². The largest absolute Gasteiger partial charge is 0.484 e. The van der Waals surface area contributed by atoms with Crippen LogP contribution in [0.5, 0.6) is 5.75 Å². The highest BCUT2D eigenvalue weighted by Crippen LogP contribution is 2.19. The lowest BCUT2D eigenvalue weighted by atomic mass is 10.1. The number of anilines is 1. The van der Waals surface area contributed by atoms with E-state index in [1.165, 1.54) is 0 Å². The van der Waals surface area contributed by atoms with E-state index in [2.05, 4.69) is 10.2 Å². The van der Waals surface area contributed by atoms with Crippen molar-refractivity contribution in [2.24, 2.45) is 0 Å². The molecule has 1 saturated heterocycles. The van der Waals surface area contributed by atoms with Crippen molar-refractivity contribution < 1.29 is 14.3 Å². The number of nitrogens with zero attached hydrogens (tertiary/aromatic N) is 2. The van der Waals surface area contributed by atoms with Crippen LogP contribution in [0.2, 0.25) is 0 Å². The minimum absolute atomic E-state index is 0.0230. The zero-order valence-corrected chi connectivity index (χ0v) is 17.4. The SMILES string of the molecule is Cc1ccc(OCC(=O)N2CCN(CC(=O)Nc3c(C)cccc3C)CC2)cc1. The van der Waals surface area contributed by atoms with Gasteiger partial charge in [0.05, 0.1) is 6.54 Å². The third kappa shape index (κ3) is 5.81. The maximum Gasteiger partial charge on any atom is 0.260 e. The number of rotatable bonds is 6. The number of nitrogens with one attached hydrogen (secondary N) is 1. The lowest BCUT2D eigenvalue weighted by Crippen LogP contribution is -2.51. The van der Waals surface area contributed by atoms with Crippen LogP contribution in [0, 0.1) is 20.8 Å². The molecule has 1 fully saturated rings. The molecule has 0 aliphatic carbocycles. The first kappa shape index (κ1) is 20.9. The number of piperazine rings is 1. The van der Waals surface area contributed by atoms with Gasteiger partial charge in [0.15, 0.2) is 6.61 Å². The number of hydrogen-bond donors (Lipinski definition) is 1. The summed E-state index contributed by atoms with van der Waals surface area (Å²) in [5.41, 5.74) is 4.16. The summed E-state index contributed by atoms with van der Waals surface area (Å²) in [6.45, 7) is 8.92. The fraction of sp³-hybridized carbons (Fsp3) is 0.391. The van der Waals surface area contributed by atoms with Crippen LogP contribution in [0.1, 0.15) is 16.7 Å². The first-order valence-corrected chi connectivity index (χ1v) is 9.98. The Morgan fingerprint density at radius 3 is 2.17 bits per heavy atom. The van der Waals surface area contributed by atoms with Gasteiger partial charge in [-0.15, -0.1) is 0 Å². The van der Waals surface area contributed by atoms with Crippen LogP contribution >= 0.6 is 0 Å². The van der Waals surface area contributed by atoms with Crippen molar-refractivity contribution in [1.82, 2.24) is 9.80 Å². The van der Waals surface area contributed by atoms with Crippen molar-refractivity contribution >= 4 is 17.5 Å². The molecule has 1 N–H and O–H groups in total. The van der Waals surface area contributed by atoms with E-state index < -0.39 is 0 Å². The summed E-state index contributed by atoms with van der Waals surface area (Å²) in [5.74, 6) is 0.654. The number of hydrogen-bond acceptors (Lipinski definition) is 4. The zero-order valence-electron chi connectivity index (χ0n) is 17.4. The number of aryl methyl sites for hydroxylation is 3. The average Bonchev–Trinajstić information content (AvgIpc) is 2.71. The number of amides is 2. The van der Waals surface area contributed by atoms with Gasteiger partial charge < -0.3 is 15.0 Å². The molecule has 0 unspecified atom stereocenters. The van der Waals surface area contributed by atoms with Crippen molar-refractivity contribution in [3.05, 3.63) is 59.2 Å². The molecule has 154 valence electrons. The number of benzene rings is 2. The zero-order chi connectivity index (χ0) is 20.8. The van der Waals surface area contributed by atoms with Gasteiger partial charge in [-0.05, 0) is 44.0 Å². The third-order valence-corrected chi connectivity index (χ3v) is 5.22. The molecular weight excluding hydrogens is 366 g/mol. The second-order valence-electron chi connectivity index (χ2n) is 7.57. The molecule has 0 spiro atoms. The summed E-state index contributed by atoms with van der Waals surface area (Å²) in [4.78, 5) is 28.7. The molecule has 0 aromatic heterocycles. The predicted molar refractivity (Wildman–Crippen MR) is 114 cm³/mol. The first-order valence-electron chi connectivity index (χ1n) is 9.98. The van der Waals surface area contributed by atoms with Gasteiger partial charge in [0.25, 0.3) is 5.91 Å². The molecule has 0 atom stereocenters. The fourth-order valence-corrected chi connectivity index (χ4v) is 3.42. The van der Waals surface area contributed by atoms with Crippen molar-refractivity contribution in [2.75, 3.05) is 44.6 Å². The minimum Gasteiger partial charge on any atom is -0.484 e. The highest BCUT2D eigenvalue weighted by atomic mass is 16.5. The Morgan fingerprint density at radius 1 is 0.931 bits per heavy atom. The molecule has 3 rings (SSSR count). The number of carbonyl (C=O) groups is 2. The molecule has 2 aromatic carbocycles. The van der Waals surface area contributed by atoms with Crippen LogP contribution in [-0.2, 0) is 9.59 Å². The van der Waals surface area contributed by atoms with Gasteiger partial charge in [0.2, 0.25) is 5.91 Å². The van der Waals surface area contributed by atoms with E-state index in [-0.39, 0.29) is 18.4 Å². The van der Waals surface area contributed by atoms with Crippen LogP contribution in [0.3, 0.4) is 0 Å². The van der Waals surface area contributed by atoms with E-state index in [1.807, 2.05) is 63.2 Å². The molecule has 0 bridgehead atoms. The summed E-state index contributed by atoms with van der Waals surface area (Å²) >= 11 is 0. The van der Waals surface area contributed by atoms with E-state index in [1.54, 1.807) is 4.90 Å². The summed E-state index contributed by atoms with van der Waals surface area (Å²) in [5, 5.41) is 3.02. The number of para-hydroxylation sites is 1. The van der Waals surface area contributed by atoms with Crippen LogP contribution in [-0.4, -0.2) is 60.9 Å². The van der Waals surface area contributed by atoms with Crippen molar-refractivity contribution in [1.29, 1.82) is 0 Å². The average molecular weight is 396 g/mol. The lowest BCUT2D eigenvalue weighted by Gasteiger charge is -2.34. The summed E-state index contributed by atoms with van der Waals surface area (Å²) < 4.78 is 5.59. The summed E-state index contributed by atoms with van der Waals surface area (Å²) in [6, 6.07) is 13.6. The van der Waals surface area contributed by atoms with Gasteiger partial charge in [-0.2, -0.15) is 0 Å². The molecule has 6 heteroatoms. The third-order valence-electron chi connectivity index (χ3n) is 5.22. The molecular formula is C23H29N3O3. The van der Waals surface area contributed by atoms with E-state index >= 15 is 0 Å². The van der Waals surface area contributed by atoms with E-state index in [4.69, 9.17) is 4.74 Å². The molecule has 0 radical (unpaired) electrons. The second kappa shape index (κ2) is 9.56. The quantitative estimate of drug-likeness (QED) is 0.817. The van der Waals surface area contributed by atoms with Crippen molar-refractivity contribution in [3.63, 3.8) is 0 Å². The van der Waals surface area contributed by atoms with Crippen LogP contribution in [0.25, 0.3) is 0 Å². The van der Waals surface area contributed by atoms with Crippen LogP contribution in [0.4, 0.5) is 5.69 Å². The summed E-state index contributed by atoms with van der Waals surface area (Å²) in [6.07, 6.45) is 0. The lowest BCUT2D eigenvalue weighted by molar-refractivity contribution is -0.135. The highest BCUT2D eigenvalue weighted by Gasteiger charge is 2.23. The maximum atomic E-state index is 12.4. The second-order valence-corrected chi connectivity index (χ2v) is 7.57. The van der Waals surface area contributed by atoms with Gasteiger partial charge in [0, 0.05) is 31.9 Å². The van der Waals surface area contributed by atoms with Gasteiger partial charge in [0.1, 0.15) is 5.75 Å². The molecule has 2 aromatic rings. The Bertz CT molecular complexity index is 836. The molecule has 0 saturated carbocycles. The van der Waals surface area contributed by atoms with Crippen molar-refractivity contribution in [3.8, 4) is 5.75 Å². The first-order chi connectivity index (χ1) is 13.9. The van der Waals surface area contributed by atoms with Gasteiger partial charge >= 0.3 is 0 Å². The predicted octanol–water partition coefficient (Wildman–Crippen LogP) is 2.77. The molecule has 2 amide bonds. The van der Waals surface area contributed by atoms with Crippen LogP contribution < -0.4 is 10.1 Å². The molecule has 29 heavy (non-hydrogen) atoms. The van der Waals surface area contributed by atoms with Gasteiger partial charge in [-0.3, -0.25) is 14.5 Å².